The second kappa shape index (κ2) is 17.3. The fraction of sp³-hybridized carbons (Fsp3) is 0.0303. The first-order valence-electron chi connectivity index (χ1n) is 23.5. The standard InChI is InChI=1S/C66H48N2/c1-47-21-19-36-61-64(47)60-43-42-58(46-62(60)66(61,52-27-11-4-12-28-52)53-29-13-5-14-30-53)68(63-44-39-50-24-17-18-35-59(50)65(63)51-25-9-3-10-26-51)57-34-20-33-56(45-57)67(54-31-15-6-16-32-54)55-40-37-49(38-41-55)48-22-7-2-8-23-48/h2-46H,1H3. The van der Waals surface area contributed by atoms with Crippen LogP contribution >= 0.6 is 0 Å². The van der Waals surface area contributed by atoms with Crippen LogP contribution in [0.5, 0.6) is 0 Å². The SMILES string of the molecule is Cc1cccc2c1-c1ccc(N(c3cccc(N(c4ccccc4)c4ccc(-c5ccccc5)cc4)c3)c3ccc4ccccc4c3-c3ccccc3)cc1C2(c1ccccc1)c1ccccc1. The second-order valence-electron chi connectivity index (χ2n) is 17.7. The Balaban J connectivity index is 1.12. The molecular weight excluding hydrogens is 821 g/mol. The fourth-order valence-corrected chi connectivity index (χ4v) is 10.9. The van der Waals surface area contributed by atoms with Crippen molar-refractivity contribution in [2.45, 2.75) is 12.3 Å². The Labute approximate surface area is 399 Å². The summed E-state index contributed by atoms with van der Waals surface area (Å²) in [6, 6.07) is 99.9. The molecule has 11 aromatic carbocycles. The molecule has 2 nitrogen and oxygen atoms in total. The van der Waals surface area contributed by atoms with Gasteiger partial charge in [0.2, 0.25) is 0 Å². The molecular formula is C66H48N2. The lowest BCUT2D eigenvalue weighted by Crippen LogP contribution is -2.28. The highest BCUT2D eigenvalue weighted by molar-refractivity contribution is 6.06. The first-order valence-corrected chi connectivity index (χ1v) is 23.5. The van der Waals surface area contributed by atoms with E-state index in [4.69, 9.17) is 0 Å². The maximum absolute atomic E-state index is 2.50. The van der Waals surface area contributed by atoms with Gasteiger partial charge >= 0.3 is 0 Å². The van der Waals surface area contributed by atoms with E-state index >= 15 is 0 Å². The quantitative estimate of drug-likeness (QED) is 0.135. The summed E-state index contributed by atoms with van der Waals surface area (Å²) in [4.78, 5) is 4.86. The van der Waals surface area contributed by atoms with Crippen molar-refractivity contribution in [3.05, 3.63) is 301 Å². The number of anilines is 6. The Morgan fingerprint density at radius 3 is 1.49 bits per heavy atom. The van der Waals surface area contributed by atoms with E-state index in [1.165, 1.54) is 66.4 Å². The van der Waals surface area contributed by atoms with Crippen LogP contribution in [0.4, 0.5) is 34.1 Å². The average Bonchev–Trinajstić information content (AvgIpc) is 3.72. The zero-order valence-electron chi connectivity index (χ0n) is 37.9. The number of hydrogen-bond donors (Lipinski definition) is 0. The summed E-state index contributed by atoms with van der Waals surface area (Å²) in [6.45, 7) is 2.26. The second-order valence-corrected chi connectivity index (χ2v) is 17.7. The summed E-state index contributed by atoms with van der Waals surface area (Å²) < 4.78 is 0. The molecule has 0 aromatic heterocycles. The molecule has 1 aliphatic carbocycles. The molecule has 0 amide bonds. The minimum atomic E-state index is -0.565. The smallest absolute Gasteiger partial charge is 0.0714 e. The summed E-state index contributed by atoms with van der Waals surface area (Å²) in [6.07, 6.45) is 0. The number of rotatable bonds is 10. The summed E-state index contributed by atoms with van der Waals surface area (Å²) in [5.41, 5.74) is 19.5. The number of fused-ring (bicyclic) bond motifs is 4. The number of aryl methyl sites for hydroxylation is 1. The predicted molar refractivity (Wildman–Crippen MR) is 286 cm³/mol. The average molecular weight is 869 g/mol. The monoisotopic (exact) mass is 868 g/mol. The van der Waals surface area contributed by atoms with Crippen LogP contribution < -0.4 is 9.80 Å². The number of hydrogen-bond acceptors (Lipinski definition) is 2. The summed E-state index contributed by atoms with van der Waals surface area (Å²) in [7, 11) is 0. The van der Waals surface area contributed by atoms with Crippen LogP contribution in [0.2, 0.25) is 0 Å². The zero-order valence-corrected chi connectivity index (χ0v) is 37.9. The van der Waals surface area contributed by atoms with Gasteiger partial charge in [0.15, 0.2) is 0 Å². The number of nitrogens with zero attached hydrogens (tertiary/aromatic N) is 2. The zero-order chi connectivity index (χ0) is 45.4. The molecule has 0 unspecified atom stereocenters. The van der Waals surface area contributed by atoms with E-state index in [-0.39, 0.29) is 0 Å². The van der Waals surface area contributed by atoms with Gasteiger partial charge < -0.3 is 9.80 Å². The maximum atomic E-state index is 2.50. The van der Waals surface area contributed by atoms with E-state index in [2.05, 4.69) is 290 Å². The highest BCUT2D eigenvalue weighted by atomic mass is 15.2. The lowest BCUT2D eigenvalue weighted by Gasteiger charge is -2.35. The Morgan fingerprint density at radius 2 is 0.809 bits per heavy atom. The summed E-state index contributed by atoms with van der Waals surface area (Å²) >= 11 is 0. The predicted octanol–water partition coefficient (Wildman–Crippen LogP) is 17.8. The van der Waals surface area contributed by atoms with E-state index < -0.39 is 5.41 Å². The molecule has 0 saturated carbocycles. The van der Waals surface area contributed by atoms with Gasteiger partial charge in [0.05, 0.1) is 11.1 Å². The Hall–Kier alpha value is -8.72. The Bertz CT molecular complexity index is 3510. The van der Waals surface area contributed by atoms with Crippen molar-refractivity contribution >= 4 is 44.9 Å². The largest absolute Gasteiger partial charge is 0.310 e. The van der Waals surface area contributed by atoms with E-state index in [0.29, 0.717) is 0 Å². The molecule has 0 N–H and O–H groups in total. The molecule has 12 rings (SSSR count). The molecule has 0 saturated heterocycles. The molecule has 0 aliphatic heterocycles. The van der Waals surface area contributed by atoms with E-state index in [9.17, 15) is 0 Å². The third-order valence-electron chi connectivity index (χ3n) is 13.8. The van der Waals surface area contributed by atoms with Crippen molar-refractivity contribution in [3.8, 4) is 33.4 Å². The number of para-hydroxylation sites is 1. The van der Waals surface area contributed by atoms with Crippen molar-refractivity contribution in [1.82, 2.24) is 0 Å². The van der Waals surface area contributed by atoms with Crippen LogP contribution in [-0.4, -0.2) is 0 Å². The van der Waals surface area contributed by atoms with Crippen molar-refractivity contribution in [2.75, 3.05) is 9.80 Å². The maximum Gasteiger partial charge on any atom is 0.0714 e. The van der Waals surface area contributed by atoms with Crippen molar-refractivity contribution < 1.29 is 0 Å². The van der Waals surface area contributed by atoms with Gasteiger partial charge in [-0.15, -0.1) is 0 Å². The molecule has 2 heteroatoms. The van der Waals surface area contributed by atoms with Gasteiger partial charge in [-0.3, -0.25) is 0 Å². The van der Waals surface area contributed by atoms with Gasteiger partial charge in [0.25, 0.3) is 0 Å². The van der Waals surface area contributed by atoms with Crippen LogP contribution in [0.25, 0.3) is 44.2 Å². The Morgan fingerprint density at radius 1 is 0.309 bits per heavy atom. The van der Waals surface area contributed by atoms with Crippen LogP contribution in [0.1, 0.15) is 27.8 Å². The third-order valence-corrected chi connectivity index (χ3v) is 13.8. The fourth-order valence-electron chi connectivity index (χ4n) is 10.9. The van der Waals surface area contributed by atoms with Gasteiger partial charge in [-0.05, 0) is 134 Å². The molecule has 0 fully saturated rings. The third kappa shape index (κ3) is 6.89. The van der Waals surface area contributed by atoms with E-state index in [1.54, 1.807) is 0 Å². The minimum absolute atomic E-state index is 0.565. The molecule has 68 heavy (non-hydrogen) atoms. The summed E-state index contributed by atoms with van der Waals surface area (Å²) in [5, 5.41) is 2.40. The molecule has 0 atom stereocenters. The molecule has 1 aliphatic rings. The summed E-state index contributed by atoms with van der Waals surface area (Å²) in [5.74, 6) is 0. The van der Waals surface area contributed by atoms with E-state index in [1.807, 2.05) is 0 Å². The van der Waals surface area contributed by atoms with Crippen molar-refractivity contribution in [3.63, 3.8) is 0 Å². The molecule has 11 aromatic rings. The highest BCUT2D eigenvalue weighted by Gasteiger charge is 2.47. The molecule has 0 heterocycles. The van der Waals surface area contributed by atoms with Crippen LogP contribution in [0, 0.1) is 6.92 Å². The lowest BCUT2D eigenvalue weighted by molar-refractivity contribution is 0.768. The van der Waals surface area contributed by atoms with Crippen LogP contribution in [0.15, 0.2) is 273 Å². The first-order chi connectivity index (χ1) is 33.7. The normalized spacial score (nSPS) is 12.3. The van der Waals surface area contributed by atoms with Crippen molar-refractivity contribution in [2.24, 2.45) is 0 Å². The number of benzene rings is 11. The van der Waals surface area contributed by atoms with Crippen molar-refractivity contribution in [1.29, 1.82) is 0 Å². The van der Waals surface area contributed by atoms with Crippen LogP contribution in [0.3, 0.4) is 0 Å². The minimum Gasteiger partial charge on any atom is -0.310 e. The molecule has 322 valence electrons. The van der Waals surface area contributed by atoms with Gasteiger partial charge in [0.1, 0.15) is 0 Å². The van der Waals surface area contributed by atoms with Gasteiger partial charge in [-0.2, -0.15) is 0 Å². The highest BCUT2D eigenvalue weighted by Crippen LogP contribution is 2.58. The molecule has 0 spiro atoms. The van der Waals surface area contributed by atoms with Gasteiger partial charge in [-0.1, -0.05) is 212 Å². The first kappa shape index (κ1) is 40.8. The van der Waals surface area contributed by atoms with Gasteiger partial charge in [-0.25, -0.2) is 0 Å². The van der Waals surface area contributed by atoms with E-state index in [0.717, 1.165) is 39.7 Å². The van der Waals surface area contributed by atoms with Gasteiger partial charge in [0, 0.05) is 34.0 Å². The van der Waals surface area contributed by atoms with Crippen LogP contribution in [-0.2, 0) is 5.41 Å². The topological polar surface area (TPSA) is 6.48 Å². The Kier molecular flexibility index (Phi) is 10.3. The molecule has 0 bridgehead atoms. The molecule has 0 radical (unpaired) electrons. The lowest BCUT2D eigenvalue weighted by atomic mass is 9.67.